The maximum absolute atomic E-state index is 13.6. The molecule has 0 fully saturated rings. The molecule has 0 heterocycles. The average molecular weight is 1290 g/mol. The molecule has 0 aliphatic rings. The normalized spacial score (nSPS) is 14.0. The van der Waals surface area contributed by atoms with Crippen molar-refractivity contribution in [1.29, 1.82) is 0 Å². The molecule has 0 rings (SSSR count). The number of ether oxygens (including phenoxy) is 1. The van der Waals surface area contributed by atoms with Gasteiger partial charge in [0.2, 0.25) is 5.91 Å². The smallest absolute Gasteiger partial charge is 0.456 e. The number of rotatable bonds is 70. The van der Waals surface area contributed by atoms with Gasteiger partial charge < -0.3 is 19.4 Å². The van der Waals surface area contributed by atoms with Gasteiger partial charge >= 0.3 is 13.8 Å². The lowest BCUT2D eigenvalue weighted by Gasteiger charge is -2.27. The standard InChI is InChI=1S/C81H147N2O7P/c1-7-10-13-16-19-22-25-27-29-31-33-35-37-39-41-43-45-47-49-51-53-55-58-61-64-67-70-73-80(84)82-78(77-89-91(86,87)88-76-75-83(4,5)6)79(72-69-66-63-60-57-24-21-18-15-12-9-3)90-81(85)74-71-68-65-62-59-56-54-52-50-48-46-44-42-40-38-36-34-32-30-28-26-23-20-17-14-11-8-2/h10,13,19-20,22-23,27-30,33,35,39,41,69,72,78-79H,7-9,11-12,14-18,21,24-26,31-32,34,36-38,40,42-68,70-71,73-77H2,1-6H3,(H-,82,84,86,87)/p+1/b13-10-,22-19-,23-20-,29-27-,30-28-,35-33-,41-39-,72-69+. The van der Waals surface area contributed by atoms with Crippen LogP contribution in [0.4, 0.5) is 0 Å². The molecule has 0 saturated carbocycles. The molecule has 0 aromatic rings. The summed E-state index contributed by atoms with van der Waals surface area (Å²) in [5, 5.41) is 3.08. The van der Waals surface area contributed by atoms with Crippen molar-refractivity contribution in [1.82, 2.24) is 5.32 Å². The second-order valence-electron chi connectivity index (χ2n) is 27.1. The zero-order valence-electron chi connectivity index (χ0n) is 60.6. The van der Waals surface area contributed by atoms with E-state index in [0.717, 1.165) is 96.3 Å². The van der Waals surface area contributed by atoms with Gasteiger partial charge in [0.05, 0.1) is 33.8 Å². The summed E-state index contributed by atoms with van der Waals surface area (Å²) in [7, 11) is 1.50. The molecule has 0 radical (unpaired) electrons. The predicted molar refractivity (Wildman–Crippen MR) is 397 cm³/mol. The largest absolute Gasteiger partial charge is 0.472 e. The second-order valence-corrected chi connectivity index (χ2v) is 28.6. The minimum atomic E-state index is -4.46. The van der Waals surface area contributed by atoms with Gasteiger partial charge in [-0.25, -0.2) is 4.57 Å². The van der Waals surface area contributed by atoms with Gasteiger partial charge in [0.25, 0.3) is 0 Å². The highest BCUT2D eigenvalue weighted by atomic mass is 31.2. The van der Waals surface area contributed by atoms with Crippen LogP contribution < -0.4 is 5.32 Å². The molecule has 2 N–H and O–H groups in total. The molecule has 3 unspecified atom stereocenters. The number of phosphoric ester groups is 1. The van der Waals surface area contributed by atoms with Crippen molar-refractivity contribution in [3.8, 4) is 0 Å². The van der Waals surface area contributed by atoms with E-state index in [2.05, 4.69) is 111 Å². The Morgan fingerprint density at radius 3 is 1.08 bits per heavy atom. The van der Waals surface area contributed by atoms with Gasteiger partial charge in [-0.05, 0) is 109 Å². The van der Waals surface area contributed by atoms with Crippen molar-refractivity contribution in [2.45, 2.75) is 367 Å². The Balaban J connectivity index is 4.91. The predicted octanol–water partition coefficient (Wildman–Crippen LogP) is 25.0. The SMILES string of the molecule is CC/C=C\C/C=C\C/C=C\C/C=C\C/C=C\CCCCCCCCCCCCCC(=O)NC(COP(=O)(O)OCC[N+](C)(C)C)C(/C=C/CCCCCCCCCCC)OC(=O)CCCCCCCCCCCCCCCCCCC/C=C\C/C=C\CCCCC. The van der Waals surface area contributed by atoms with Gasteiger partial charge in [-0.1, -0.05) is 330 Å². The van der Waals surface area contributed by atoms with Gasteiger partial charge in [0.15, 0.2) is 0 Å². The number of nitrogens with one attached hydrogen (secondary N) is 1. The number of quaternary nitrogens is 1. The minimum Gasteiger partial charge on any atom is -0.456 e. The van der Waals surface area contributed by atoms with E-state index >= 15 is 0 Å². The highest BCUT2D eigenvalue weighted by Crippen LogP contribution is 2.43. The lowest BCUT2D eigenvalue weighted by molar-refractivity contribution is -0.870. The average Bonchev–Trinajstić information content (AvgIpc) is 3.08. The number of carbonyl (C=O) groups excluding carboxylic acids is 2. The van der Waals surface area contributed by atoms with Crippen molar-refractivity contribution in [3.63, 3.8) is 0 Å². The Bertz CT molecular complexity index is 1880. The first-order valence-electron chi connectivity index (χ1n) is 38.6. The van der Waals surface area contributed by atoms with Crippen LogP contribution in [-0.4, -0.2) is 74.3 Å². The first-order chi connectivity index (χ1) is 44.4. The molecule has 91 heavy (non-hydrogen) atoms. The maximum atomic E-state index is 13.6. The zero-order valence-corrected chi connectivity index (χ0v) is 61.5. The molecule has 0 aromatic carbocycles. The third-order valence-electron chi connectivity index (χ3n) is 17.0. The number of likely N-dealkylation sites (N-methyl/N-ethyl adjacent to an activating group) is 1. The van der Waals surface area contributed by atoms with Gasteiger partial charge in [-0.2, -0.15) is 0 Å². The van der Waals surface area contributed by atoms with Gasteiger partial charge in [-0.15, -0.1) is 0 Å². The van der Waals surface area contributed by atoms with Crippen LogP contribution >= 0.6 is 7.82 Å². The van der Waals surface area contributed by atoms with Crippen LogP contribution in [0.2, 0.25) is 0 Å². The molecular weight excluding hydrogens is 1140 g/mol. The summed E-state index contributed by atoms with van der Waals surface area (Å²) in [5.74, 6) is -0.499. The van der Waals surface area contributed by atoms with Crippen LogP contribution in [0.3, 0.4) is 0 Å². The number of hydrogen-bond acceptors (Lipinski definition) is 6. The fourth-order valence-electron chi connectivity index (χ4n) is 11.1. The molecule has 528 valence electrons. The molecule has 0 aliphatic heterocycles. The number of esters is 1. The van der Waals surface area contributed by atoms with Gasteiger partial charge in [0.1, 0.15) is 19.3 Å². The number of amides is 1. The summed E-state index contributed by atoms with van der Waals surface area (Å²) in [6, 6.07) is -0.855. The Kier molecular flexibility index (Phi) is 67.4. The zero-order chi connectivity index (χ0) is 66.3. The van der Waals surface area contributed by atoms with E-state index in [0.29, 0.717) is 23.9 Å². The minimum absolute atomic E-state index is 0.0376. The Morgan fingerprint density at radius 2 is 0.703 bits per heavy atom. The number of phosphoric acid groups is 1. The molecular formula is C81H148N2O7P+. The maximum Gasteiger partial charge on any atom is 0.472 e. The fraction of sp³-hybridized carbons (Fsp3) is 0.778. The fourth-order valence-corrected chi connectivity index (χ4v) is 11.9. The number of carbonyl (C=O) groups is 2. The van der Waals surface area contributed by atoms with E-state index in [1.54, 1.807) is 0 Å². The number of allylic oxidation sites excluding steroid dienone is 15. The molecule has 0 saturated heterocycles. The van der Waals surface area contributed by atoms with E-state index in [1.165, 1.54) is 225 Å². The van der Waals surface area contributed by atoms with Crippen LogP contribution in [0.1, 0.15) is 355 Å². The van der Waals surface area contributed by atoms with E-state index < -0.39 is 20.0 Å². The summed E-state index contributed by atoms with van der Waals surface area (Å²) in [5.41, 5.74) is 0. The van der Waals surface area contributed by atoms with E-state index in [9.17, 15) is 19.0 Å². The van der Waals surface area contributed by atoms with Crippen LogP contribution in [0.5, 0.6) is 0 Å². The van der Waals surface area contributed by atoms with Crippen molar-refractivity contribution >= 4 is 19.7 Å². The molecule has 1 amide bonds. The molecule has 0 spiro atoms. The molecule has 0 aliphatic carbocycles. The highest BCUT2D eigenvalue weighted by Gasteiger charge is 2.30. The summed E-state index contributed by atoms with van der Waals surface area (Å²) >= 11 is 0. The number of nitrogens with zero attached hydrogens (tertiary/aromatic N) is 1. The summed E-state index contributed by atoms with van der Waals surface area (Å²) < 4.78 is 30.9. The lowest BCUT2D eigenvalue weighted by Crippen LogP contribution is -2.47. The number of unbranched alkanes of at least 4 members (excludes halogenated alkanes) is 40. The van der Waals surface area contributed by atoms with Gasteiger partial charge in [0, 0.05) is 12.8 Å². The lowest BCUT2D eigenvalue weighted by atomic mass is 10.0. The summed E-state index contributed by atoms with van der Waals surface area (Å²) in [6.45, 7) is 6.91. The Morgan fingerprint density at radius 1 is 0.396 bits per heavy atom. The molecule has 0 bridgehead atoms. The van der Waals surface area contributed by atoms with Crippen molar-refractivity contribution in [2.75, 3.05) is 40.9 Å². The quantitative estimate of drug-likeness (QED) is 0.0205. The van der Waals surface area contributed by atoms with Crippen LogP contribution in [0, 0.1) is 0 Å². The topological polar surface area (TPSA) is 111 Å². The van der Waals surface area contributed by atoms with Crippen LogP contribution in [0.15, 0.2) is 97.2 Å². The molecule has 3 atom stereocenters. The van der Waals surface area contributed by atoms with Crippen LogP contribution in [0.25, 0.3) is 0 Å². The highest BCUT2D eigenvalue weighted by molar-refractivity contribution is 7.47. The molecule has 10 heteroatoms. The number of hydrogen-bond donors (Lipinski definition) is 2. The third kappa shape index (κ3) is 71.1. The monoisotopic (exact) mass is 1290 g/mol. The third-order valence-corrected chi connectivity index (χ3v) is 18.0. The Hall–Kier alpha value is -3.07. The molecule has 0 aromatic heterocycles. The van der Waals surface area contributed by atoms with Crippen molar-refractivity contribution in [2.24, 2.45) is 0 Å². The van der Waals surface area contributed by atoms with Crippen molar-refractivity contribution in [3.05, 3.63) is 97.2 Å². The second kappa shape index (κ2) is 69.8. The van der Waals surface area contributed by atoms with E-state index in [1.807, 2.05) is 33.3 Å². The summed E-state index contributed by atoms with van der Waals surface area (Å²) in [6.07, 6.45) is 95.8. The summed E-state index contributed by atoms with van der Waals surface area (Å²) in [4.78, 5) is 38.0. The van der Waals surface area contributed by atoms with Crippen molar-refractivity contribution < 1.29 is 37.3 Å². The molecule has 9 nitrogen and oxygen atoms in total. The van der Waals surface area contributed by atoms with Crippen LogP contribution in [-0.2, 0) is 27.9 Å². The van der Waals surface area contributed by atoms with Gasteiger partial charge in [-0.3, -0.25) is 18.6 Å². The Labute approximate surface area is 564 Å². The first kappa shape index (κ1) is 87.9. The van der Waals surface area contributed by atoms with E-state index in [4.69, 9.17) is 13.8 Å². The van der Waals surface area contributed by atoms with E-state index in [-0.39, 0.29) is 25.1 Å². The first-order valence-corrected chi connectivity index (χ1v) is 40.1.